The third-order valence-corrected chi connectivity index (χ3v) is 6.27. The number of nitrogens with one attached hydrogen (secondary N) is 4. The van der Waals surface area contributed by atoms with E-state index in [0.29, 0.717) is 0 Å². The van der Waals surface area contributed by atoms with Crippen molar-refractivity contribution in [1.82, 2.24) is 29.9 Å². The van der Waals surface area contributed by atoms with Crippen LogP contribution in [0.25, 0.3) is 44.8 Å². The van der Waals surface area contributed by atoms with Crippen LogP contribution in [-0.4, -0.2) is 29.9 Å². The van der Waals surface area contributed by atoms with Gasteiger partial charge in [0.05, 0.1) is 22.1 Å². The van der Waals surface area contributed by atoms with E-state index in [-0.39, 0.29) is 0 Å². The number of imidazole rings is 2. The molecule has 0 unspecified atom stereocenters. The first-order valence-electron chi connectivity index (χ1n) is 12.2. The molecule has 3 aromatic carbocycles. The minimum atomic E-state index is 0.796. The standard InChI is InChI=1S/C30H22N8/c1-3-15-31-27(5-1)33-21-11-13-23-25(17-21)37-29(35-23)19-7-9-20(10-8-19)30-36-24-14-12-22(18-26(24)38-30)34-28-6-2-4-16-32-28/h1-18H,(H,31,33)(H,32,34)(H,35,37)(H,36,38). The summed E-state index contributed by atoms with van der Waals surface area (Å²) in [6.45, 7) is 0. The van der Waals surface area contributed by atoms with Crippen molar-refractivity contribution in [2.24, 2.45) is 0 Å². The molecule has 4 N–H and O–H groups in total. The van der Waals surface area contributed by atoms with Crippen molar-refractivity contribution >= 4 is 45.1 Å². The Kier molecular flexibility index (Phi) is 5.26. The van der Waals surface area contributed by atoms with Crippen molar-refractivity contribution in [3.8, 4) is 22.8 Å². The molecule has 4 heterocycles. The van der Waals surface area contributed by atoms with Gasteiger partial charge in [0.2, 0.25) is 0 Å². The summed E-state index contributed by atoms with van der Waals surface area (Å²) in [4.78, 5) is 25.1. The second-order valence-corrected chi connectivity index (χ2v) is 8.89. The fourth-order valence-corrected chi connectivity index (χ4v) is 4.40. The van der Waals surface area contributed by atoms with E-state index in [9.17, 15) is 0 Å². The summed E-state index contributed by atoms with van der Waals surface area (Å²) in [6, 6.07) is 31.9. The number of hydrogen-bond donors (Lipinski definition) is 4. The van der Waals surface area contributed by atoms with Gasteiger partial charge in [-0.3, -0.25) is 0 Å². The molecule has 0 saturated heterocycles. The van der Waals surface area contributed by atoms with Crippen molar-refractivity contribution in [2.75, 3.05) is 10.6 Å². The summed E-state index contributed by atoms with van der Waals surface area (Å²) < 4.78 is 0. The lowest BCUT2D eigenvalue weighted by Crippen LogP contribution is -1.92. The van der Waals surface area contributed by atoms with Crippen LogP contribution in [0.1, 0.15) is 0 Å². The third-order valence-electron chi connectivity index (χ3n) is 6.27. The maximum absolute atomic E-state index is 4.82. The molecule has 0 radical (unpaired) electrons. The van der Waals surface area contributed by atoms with Gasteiger partial charge in [0.1, 0.15) is 23.3 Å². The van der Waals surface area contributed by atoms with Gasteiger partial charge in [-0.25, -0.2) is 19.9 Å². The fraction of sp³-hybridized carbons (Fsp3) is 0. The Hall–Kier alpha value is -5.50. The molecule has 0 saturated carbocycles. The molecule has 8 heteroatoms. The Labute approximate surface area is 217 Å². The van der Waals surface area contributed by atoms with Crippen LogP contribution in [0.5, 0.6) is 0 Å². The normalized spacial score (nSPS) is 11.2. The Balaban J connectivity index is 1.12. The number of fused-ring (bicyclic) bond motifs is 2. The summed E-state index contributed by atoms with van der Waals surface area (Å²) in [5.74, 6) is 3.22. The minimum Gasteiger partial charge on any atom is -0.340 e. The van der Waals surface area contributed by atoms with E-state index in [1.165, 1.54) is 0 Å². The average Bonchev–Trinajstić information content (AvgIpc) is 3.58. The molecule has 0 atom stereocenters. The highest BCUT2D eigenvalue weighted by Gasteiger charge is 2.10. The zero-order valence-corrected chi connectivity index (χ0v) is 20.2. The number of aromatic amines is 2. The van der Waals surface area contributed by atoms with E-state index >= 15 is 0 Å². The molecule has 0 spiro atoms. The van der Waals surface area contributed by atoms with E-state index in [1.807, 2.05) is 72.8 Å². The van der Waals surface area contributed by atoms with Crippen molar-refractivity contribution < 1.29 is 0 Å². The predicted octanol–water partition coefficient (Wildman–Crippen LogP) is 7.05. The highest BCUT2D eigenvalue weighted by atomic mass is 15.0. The highest BCUT2D eigenvalue weighted by Crippen LogP contribution is 2.28. The lowest BCUT2D eigenvalue weighted by molar-refractivity contribution is 1.31. The summed E-state index contributed by atoms with van der Waals surface area (Å²) in [6.07, 6.45) is 3.53. The van der Waals surface area contributed by atoms with Gasteiger partial charge in [-0.15, -0.1) is 0 Å². The number of H-pyrrole nitrogens is 2. The first-order chi connectivity index (χ1) is 18.8. The summed E-state index contributed by atoms with van der Waals surface area (Å²) in [5.41, 5.74) is 7.60. The number of nitrogens with zero attached hydrogens (tertiary/aromatic N) is 4. The number of anilines is 4. The van der Waals surface area contributed by atoms with Crippen molar-refractivity contribution in [2.45, 2.75) is 0 Å². The van der Waals surface area contributed by atoms with Gasteiger partial charge >= 0.3 is 0 Å². The van der Waals surface area contributed by atoms with Crippen LogP contribution in [-0.2, 0) is 0 Å². The van der Waals surface area contributed by atoms with Gasteiger partial charge in [0.15, 0.2) is 0 Å². The van der Waals surface area contributed by atoms with Gasteiger partial charge in [0, 0.05) is 34.9 Å². The Morgan fingerprint density at radius 3 is 1.39 bits per heavy atom. The second-order valence-electron chi connectivity index (χ2n) is 8.89. The average molecular weight is 495 g/mol. The Morgan fingerprint density at radius 2 is 0.974 bits per heavy atom. The second kappa shape index (κ2) is 9.18. The van der Waals surface area contributed by atoms with Crippen molar-refractivity contribution in [1.29, 1.82) is 0 Å². The molecule has 0 bridgehead atoms. The largest absolute Gasteiger partial charge is 0.340 e. The summed E-state index contributed by atoms with van der Waals surface area (Å²) >= 11 is 0. The number of aromatic nitrogens is 6. The van der Waals surface area contributed by atoms with Crippen LogP contribution in [0.2, 0.25) is 0 Å². The minimum absolute atomic E-state index is 0.796. The molecule has 0 amide bonds. The van der Waals surface area contributed by atoms with Crippen LogP contribution in [0, 0.1) is 0 Å². The van der Waals surface area contributed by atoms with E-state index in [2.05, 4.69) is 54.8 Å². The number of rotatable bonds is 6. The molecule has 0 aliphatic heterocycles. The number of benzene rings is 3. The van der Waals surface area contributed by atoms with Gasteiger partial charge < -0.3 is 20.6 Å². The Morgan fingerprint density at radius 1 is 0.500 bits per heavy atom. The van der Waals surface area contributed by atoms with Gasteiger partial charge in [-0.05, 0) is 60.7 Å². The molecule has 182 valence electrons. The monoisotopic (exact) mass is 494 g/mol. The van der Waals surface area contributed by atoms with Gasteiger partial charge in [-0.2, -0.15) is 0 Å². The van der Waals surface area contributed by atoms with Crippen LogP contribution in [0.3, 0.4) is 0 Å². The summed E-state index contributed by atoms with van der Waals surface area (Å²) in [5, 5.41) is 6.63. The molecule has 8 nitrogen and oxygen atoms in total. The molecule has 7 rings (SSSR count). The number of hydrogen-bond acceptors (Lipinski definition) is 6. The Bertz CT molecular complexity index is 1720. The number of pyridine rings is 2. The van der Waals surface area contributed by atoms with Gasteiger partial charge in [-0.1, -0.05) is 36.4 Å². The zero-order valence-electron chi connectivity index (χ0n) is 20.2. The fourth-order valence-electron chi connectivity index (χ4n) is 4.40. The summed E-state index contributed by atoms with van der Waals surface area (Å²) in [7, 11) is 0. The molecule has 4 aromatic heterocycles. The zero-order chi connectivity index (χ0) is 25.3. The molecule has 38 heavy (non-hydrogen) atoms. The SMILES string of the molecule is c1ccc(Nc2ccc3[nH]c(-c4ccc(-c5nc6cc(Nc7ccccn7)ccc6[nH]5)cc4)nc3c2)nc1. The van der Waals surface area contributed by atoms with Crippen LogP contribution < -0.4 is 10.6 Å². The highest BCUT2D eigenvalue weighted by molar-refractivity contribution is 5.85. The van der Waals surface area contributed by atoms with E-state index in [1.54, 1.807) is 12.4 Å². The maximum atomic E-state index is 4.82. The lowest BCUT2D eigenvalue weighted by atomic mass is 10.1. The van der Waals surface area contributed by atoms with Crippen LogP contribution in [0.4, 0.5) is 23.0 Å². The predicted molar refractivity (Wildman–Crippen MR) is 152 cm³/mol. The molecule has 0 aliphatic carbocycles. The molecule has 0 fully saturated rings. The van der Waals surface area contributed by atoms with Crippen LogP contribution in [0.15, 0.2) is 109 Å². The molecular weight excluding hydrogens is 472 g/mol. The molecule has 7 aromatic rings. The van der Waals surface area contributed by atoms with E-state index < -0.39 is 0 Å². The molecular formula is C30H22N8. The first kappa shape index (κ1) is 21.8. The van der Waals surface area contributed by atoms with Gasteiger partial charge in [0.25, 0.3) is 0 Å². The van der Waals surface area contributed by atoms with Crippen molar-refractivity contribution in [3.63, 3.8) is 0 Å². The quantitative estimate of drug-likeness (QED) is 0.197. The smallest absolute Gasteiger partial charge is 0.138 e. The first-order valence-corrected chi connectivity index (χ1v) is 12.2. The maximum Gasteiger partial charge on any atom is 0.138 e. The topological polar surface area (TPSA) is 107 Å². The van der Waals surface area contributed by atoms with Crippen molar-refractivity contribution in [3.05, 3.63) is 109 Å². The van der Waals surface area contributed by atoms with E-state index in [4.69, 9.17) is 9.97 Å². The van der Waals surface area contributed by atoms with E-state index in [0.717, 1.165) is 67.9 Å². The lowest BCUT2D eigenvalue weighted by Gasteiger charge is -2.04. The third kappa shape index (κ3) is 4.31. The van der Waals surface area contributed by atoms with Crippen LogP contribution >= 0.6 is 0 Å². The molecule has 0 aliphatic rings.